The molecular formula is C21H23Cl2N3O. The van der Waals surface area contributed by atoms with E-state index in [-0.39, 0.29) is 12.1 Å². The molecule has 0 atom stereocenters. The van der Waals surface area contributed by atoms with Gasteiger partial charge >= 0.3 is 0 Å². The van der Waals surface area contributed by atoms with Gasteiger partial charge in [0.05, 0.1) is 27.9 Å². The molecule has 2 heterocycles. The molecule has 0 aliphatic carbocycles. The monoisotopic (exact) mass is 403 g/mol. The lowest BCUT2D eigenvalue weighted by atomic mass is 9.90. The number of rotatable bonds is 3. The van der Waals surface area contributed by atoms with Gasteiger partial charge in [0.2, 0.25) is 0 Å². The molecule has 1 aliphatic rings. The Morgan fingerprint density at radius 2 is 1.81 bits per heavy atom. The Hall–Kier alpha value is -1.72. The SMILES string of the molecule is CC1(N)CCN(c2ccc3c(ccn3-c3cccc(Cl)c3Cl)c2CO)CC1. The number of hydrogen-bond acceptors (Lipinski definition) is 3. The molecule has 0 bridgehead atoms. The van der Waals surface area contributed by atoms with Crippen LogP contribution in [0.2, 0.25) is 10.0 Å². The number of hydrogen-bond donors (Lipinski definition) is 2. The van der Waals surface area contributed by atoms with Crippen LogP contribution in [0, 0.1) is 0 Å². The number of benzene rings is 2. The minimum atomic E-state index is -0.105. The van der Waals surface area contributed by atoms with Gasteiger partial charge in [-0.2, -0.15) is 0 Å². The third-order valence-corrected chi connectivity index (χ3v) is 6.36. The first-order valence-electron chi connectivity index (χ1n) is 9.13. The summed E-state index contributed by atoms with van der Waals surface area (Å²) in [4.78, 5) is 2.32. The van der Waals surface area contributed by atoms with Crippen LogP contribution in [-0.4, -0.2) is 28.3 Å². The van der Waals surface area contributed by atoms with Crippen molar-refractivity contribution in [1.29, 1.82) is 0 Å². The van der Waals surface area contributed by atoms with Gasteiger partial charge in [0.15, 0.2) is 0 Å². The summed E-state index contributed by atoms with van der Waals surface area (Å²) in [6.45, 7) is 3.88. The molecule has 3 aromatic rings. The van der Waals surface area contributed by atoms with Gasteiger partial charge in [-0.25, -0.2) is 0 Å². The number of aromatic nitrogens is 1. The second kappa shape index (κ2) is 7.02. The van der Waals surface area contributed by atoms with Crippen molar-refractivity contribution >= 4 is 39.8 Å². The maximum Gasteiger partial charge on any atom is 0.0832 e. The molecule has 0 spiro atoms. The van der Waals surface area contributed by atoms with Gasteiger partial charge in [-0.05, 0) is 50.1 Å². The van der Waals surface area contributed by atoms with Crippen molar-refractivity contribution in [2.24, 2.45) is 5.73 Å². The highest BCUT2D eigenvalue weighted by Gasteiger charge is 2.27. The minimum absolute atomic E-state index is 0.0175. The smallest absolute Gasteiger partial charge is 0.0832 e. The molecule has 142 valence electrons. The summed E-state index contributed by atoms with van der Waals surface area (Å²) < 4.78 is 2.01. The van der Waals surface area contributed by atoms with E-state index in [1.165, 1.54) is 0 Å². The lowest BCUT2D eigenvalue weighted by Crippen LogP contribution is -2.48. The van der Waals surface area contributed by atoms with Gasteiger partial charge in [-0.3, -0.25) is 0 Å². The van der Waals surface area contributed by atoms with E-state index < -0.39 is 0 Å². The van der Waals surface area contributed by atoms with Crippen molar-refractivity contribution in [3.8, 4) is 5.69 Å². The molecule has 27 heavy (non-hydrogen) atoms. The zero-order chi connectivity index (χ0) is 19.2. The molecule has 3 N–H and O–H groups in total. The number of nitrogens with zero attached hydrogens (tertiary/aromatic N) is 2. The third kappa shape index (κ3) is 3.32. The number of fused-ring (bicyclic) bond motifs is 1. The van der Waals surface area contributed by atoms with Crippen molar-refractivity contribution in [2.45, 2.75) is 31.9 Å². The average molecular weight is 404 g/mol. The number of halogens is 2. The summed E-state index contributed by atoms with van der Waals surface area (Å²) in [5.41, 5.74) is 10.0. The molecule has 1 saturated heterocycles. The lowest BCUT2D eigenvalue weighted by molar-refractivity contribution is 0.283. The molecule has 0 amide bonds. The average Bonchev–Trinajstić information content (AvgIpc) is 3.07. The normalized spacial score (nSPS) is 16.9. The summed E-state index contributed by atoms with van der Waals surface area (Å²) >= 11 is 12.6. The quantitative estimate of drug-likeness (QED) is 0.663. The van der Waals surface area contributed by atoms with Gasteiger partial charge in [-0.15, -0.1) is 0 Å². The van der Waals surface area contributed by atoms with Crippen molar-refractivity contribution < 1.29 is 5.11 Å². The van der Waals surface area contributed by atoms with Crippen molar-refractivity contribution in [1.82, 2.24) is 4.57 Å². The highest BCUT2D eigenvalue weighted by atomic mass is 35.5. The number of anilines is 1. The van der Waals surface area contributed by atoms with Crippen molar-refractivity contribution in [2.75, 3.05) is 18.0 Å². The van der Waals surface area contributed by atoms with Gasteiger partial charge in [-0.1, -0.05) is 29.3 Å². The van der Waals surface area contributed by atoms with Crippen LogP contribution in [0.3, 0.4) is 0 Å². The summed E-state index contributed by atoms with van der Waals surface area (Å²) in [5.74, 6) is 0. The first-order chi connectivity index (χ1) is 12.9. The third-order valence-electron chi connectivity index (χ3n) is 5.55. The van der Waals surface area contributed by atoms with Gasteiger partial charge in [0.25, 0.3) is 0 Å². The van der Waals surface area contributed by atoms with E-state index in [4.69, 9.17) is 28.9 Å². The predicted octanol–water partition coefficient (Wildman–Crippen LogP) is 4.75. The molecule has 0 unspecified atom stereocenters. The fourth-order valence-electron chi connectivity index (χ4n) is 3.88. The van der Waals surface area contributed by atoms with E-state index in [0.717, 1.165) is 53.8 Å². The van der Waals surface area contributed by atoms with Crippen molar-refractivity contribution in [3.63, 3.8) is 0 Å². The molecule has 1 aliphatic heterocycles. The van der Waals surface area contributed by atoms with E-state index in [1.54, 1.807) is 6.07 Å². The number of aliphatic hydroxyl groups excluding tert-OH is 1. The van der Waals surface area contributed by atoms with E-state index in [1.807, 2.05) is 29.0 Å². The van der Waals surface area contributed by atoms with E-state index >= 15 is 0 Å². The summed E-state index contributed by atoms with van der Waals surface area (Å²) in [6.07, 6.45) is 3.85. The Labute approximate surface area is 169 Å². The Morgan fingerprint density at radius 3 is 2.52 bits per heavy atom. The summed E-state index contributed by atoms with van der Waals surface area (Å²) in [5, 5.41) is 12.2. The van der Waals surface area contributed by atoms with E-state index in [9.17, 15) is 5.11 Å². The topological polar surface area (TPSA) is 54.4 Å². The highest BCUT2D eigenvalue weighted by Crippen LogP contribution is 2.36. The molecular weight excluding hydrogens is 381 g/mol. The zero-order valence-corrected chi connectivity index (χ0v) is 16.8. The fraction of sp³-hybridized carbons (Fsp3) is 0.333. The first-order valence-corrected chi connectivity index (χ1v) is 9.89. The molecule has 0 saturated carbocycles. The van der Waals surface area contributed by atoms with Crippen LogP contribution in [0.5, 0.6) is 0 Å². The summed E-state index contributed by atoms with van der Waals surface area (Å²) in [7, 11) is 0. The fourth-order valence-corrected chi connectivity index (χ4v) is 4.26. The lowest BCUT2D eigenvalue weighted by Gasteiger charge is -2.38. The van der Waals surface area contributed by atoms with Crippen molar-refractivity contribution in [3.05, 3.63) is 58.2 Å². The minimum Gasteiger partial charge on any atom is -0.392 e. The Morgan fingerprint density at radius 1 is 1.07 bits per heavy atom. The van der Waals surface area contributed by atoms with E-state index in [2.05, 4.69) is 24.0 Å². The number of aliphatic hydroxyl groups is 1. The van der Waals surface area contributed by atoms with Gasteiger partial charge < -0.3 is 20.3 Å². The number of nitrogens with two attached hydrogens (primary N) is 1. The van der Waals surface area contributed by atoms with Crippen LogP contribution in [0.4, 0.5) is 5.69 Å². The van der Waals surface area contributed by atoms with Crippen LogP contribution in [0.25, 0.3) is 16.6 Å². The first kappa shape index (κ1) is 18.6. The number of piperidine rings is 1. The second-order valence-corrected chi connectivity index (χ2v) is 8.34. The molecule has 4 rings (SSSR count). The zero-order valence-electron chi connectivity index (χ0n) is 15.3. The largest absolute Gasteiger partial charge is 0.392 e. The Bertz CT molecular complexity index is 987. The molecule has 2 aromatic carbocycles. The second-order valence-electron chi connectivity index (χ2n) is 7.55. The highest BCUT2D eigenvalue weighted by molar-refractivity contribution is 6.43. The molecule has 4 nitrogen and oxygen atoms in total. The van der Waals surface area contributed by atoms with Gasteiger partial charge in [0.1, 0.15) is 0 Å². The standard InChI is InChI=1S/C21H23Cl2N3O/c1-21(24)8-11-25(12-9-21)17-5-6-18-14(15(17)13-27)7-10-26(18)19-4-2-3-16(22)20(19)23/h2-7,10,27H,8-9,11-13,24H2,1H3. The Kier molecular flexibility index (Phi) is 4.85. The predicted molar refractivity (Wildman–Crippen MR) is 113 cm³/mol. The molecule has 6 heteroatoms. The van der Waals surface area contributed by atoms with Crippen LogP contribution in [0.1, 0.15) is 25.3 Å². The van der Waals surface area contributed by atoms with Crippen LogP contribution in [0.15, 0.2) is 42.6 Å². The summed E-state index contributed by atoms with van der Waals surface area (Å²) in [6, 6.07) is 11.8. The molecule has 1 fully saturated rings. The maximum absolute atomic E-state index is 10.1. The van der Waals surface area contributed by atoms with Crippen LogP contribution >= 0.6 is 23.2 Å². The van der Waals surface area contributed by atoms with E-state index in [0.29, 0.717) is 10.0 Å². The maximum atomic E-state index is 10.1. The molecule has 0 radical (unpaired) electrons. The van der Waals surface area contributed by atoms with Gasteiger partial charge in [0, 0.05) is 41.5 Å². The van der Waals surface area contributed by atoms with Crippen LogP contribution < -0.4 is 10.6 Å². The van der Waals surface area contributed by atoms with Crippen LogP contribution in [-0.2, 0) is 6.61 Å². The molecule has 1 aromatic heterocycles. The Balaban J connectivity index is 1.79.